The molecular weight excluding hydrogens is 284 g/mol. The molecule has 1 aliphatic rings. The molecule has 1 saturated heterocycles. The highest BCUT2D eigenvalue weighted by Crippen LogP contribution is 2.14. The Kier molecular flexibility index (Phi) is 6.09. The van der Waals surface area contributed by atoms with Crippen LogP contribution in [-0.2, 0) is 20.7 Å². The predicted octanol–water partition coefficient (Wildman–Crippen LogP) is 0.688. The zero-order valence-corrected chi connectivity index (χ0v) is 13.1. The van der Waals surface area contributed by atoms with Crippen LogP contribution in [-0.4, -0.2) is 52.5 Å². The molecule has 1 aromatic heterocycles. The quantitative estimate of drug-likeness (QED) is 0.543. The molecule has 2 atom stereocenters. The molecule has 0 radical (unpaired) electrons. The van der Waals surface area contributed by atoms with Crippen molar-refractivity contribution in [1.29, 1.82) is 0 Å². The fraction of sp³-hybridized carbons (Fsp3) is 0.667. The third kappa shape index (κ3) is 4.64. The molecule has 1 aliphatic heterocycles. The Morgan fingerprint density at radius 2 is 2.45 bits per heavy atom. The first-order valence-corrected chi connectivity index (χ1v) is 7.72. The molecule has 22 heavy (non-hydrogen) atoms. The van der Waals surface area contributed by atoms with Crippen LogP contribution >= 0.6 is 0 Å². The summed E-state index contributed by atoms with van der Waals surface area (Å²) in [5.74, 6) is -0.0221. The highest BCUT2D eigenvalue weighted by Gasteiger charge is 2.30. The van der Waals surface area contributed by atoms with Crippen molar-refractivity contribution < 1.29 is 14.3 Å². The lowest BCUT2D eigenvalue weighted by Crippen LogP contribution is -2.52. The first-order chi connectivity index (χ1) is 10.6. The summed E-state index contributed by atoms with van der Waals surface area (Å²) in [5.41, 5.74) is 4.01. The Bertz CT molecular complexity index is 475. The van der Waals surface area contributed by atoms with Crippen molar-refractivity contribution in [3.05, 3.63) is 18.2 Å². The number of aldehydes is 1. The van der Waals surface area contributed by atoms with Crippen molar-refractivity contribution in [3.63, 3.8) is 0 Å². The van der Waals surface area contributed by atoms with Gasteiger partial charge in [0.15, 0.2) is 0 Å². The third-order valence-electron chi connectivity index (χ3n) is 3.60. The van der Waals surface area contributed by atoms with Gasteiger partial charge in [-0.05, 0) is 18.8 Å². The second kappa shape index (κ2) is 8.05. The average Bonchev–Trinajstić information content (AvgIpc) is 3.15. The molecule has 0 unspecified atom stereocenters. The van der Waals surface area contributed by atoms with Crippen LogP contribution in [0.15, 0.2) is 12.5 Å². The standard InChI is InChI=1S/C15H24N4O3/c1-11(2)9-22-15(21)14(6-12-7-16-10-17-12)18-19-5-3-4-13(19)8-20/h7-8,10-11,13-14,18H,3-6,9H2,1-2H3,(H,16,17)/t13-,14-/m0/s1. The van der Waals surface area contributed by atoms with Crippen molar-refractivity contribution in [2.24, 2.45) is 5.92 Å². The third-order valence-corrected chi connectivity index (χ3v) is 3.60. The summed E-state index contributed by atoms with van der Waals surface area (Å²) < 4.78 is 5.34. The van der Waals surface area contributed by atoms with Gasteiger partial charge in [0.05, 0.1) is 19.0 Å². The maximum atomic E-state index is 12.3. The van der Waals surface area contributed by atoms with Crippen LogP contribution < -0.4 is 5.43 Å². The number of hydrazine groups is 1. The summed E-state index contributed by atoms with van der Waals surface area (Å²) in [7, 11) is 0. The van der Waals surface area contributed by atoms with Gasteiger partial charge in [-0.1, -0.05) is 13.8 Å². The van der Waals surface area contributed by atoms with Gasteiger partial charge in [0.1, 0.15) is 12.3 Å². The summed E-state index contributed by atoms with van der Waals surface area (Å²) in [6, 6.07) is -0.707. The molecule has 122 valence electrons. The molecule has 0 saturated carbocycles. The number of aromatic nitrogens is 2. The van der Waals surface area contributed by atoms with E-state index in [0.29, 0.717) is 13.0 Å². The first-order valence-electron chi connectivity index (χ1n) is 7.72. The van der Waals surface area contributed by atoms with Gasteiger partial charge in [-0.15, -0.1) is 0 Å². The van der Waals surface area contributed by atoms with E-state index in [1.165, 1.54) is 0 Å². The zero-order chi connectivity index (χ0) is 15.9. The van der Waals surface area contributed by atoms with Gasteiger partial charge in [0, 0.05) is 24.9 Å². The molecule has 2 rings (SSSR count). The van der Waals surface area contributed by atoms with Gasteiger partial charge in [-0.3, -0.25) is 4.79 Å². The largest absolute Gasteiger partial charge is 0.464 e. The molecular formula is C15H24N4O3. The predicted molar refractivity (Wildman–Crippen MR) is 80.8 cm³/mol. The highest BCUT2D eigenvalue weighted by atomic mass is 16.5. The number of esters is 1. The molecule has 0 aliphatic carbocycles. The second-order valence-corrected chi connectivity index (χ2v) is 6.03. The monoisotopic (exact) mass is 308 g/mol. The lowest BCUT2D eigenvalue weighted by Gasteiger charge is -2.26. The van der Waals surface area contributed by atoms with Crippen molar-refractivity contribution in [3.8, 4) is 0 Å². The minimum absolute atomic E-state index is 0.179. The lowest BCUT2D eigenvalue weighted by molar-refractivity contribution is -0.149. The summed E-state index contributed by atoms with van der Waals surface area (Å²) in [4.78, 5) is 30.4. The van der Waals surface area contributed by atoms with Gasteiger partial charge in [-0.25, -0.2) is 15.4 Å². The zero-order valence-electron chi connectivity index (χ0n) is 13.1. The number of nitrogens with one attached hydrogen (secondary N) is 2. The normalized spacial score (nSPS) is 20.2. The number of carbonyl (C=O) groups excluding carboxylic acids is 2. The van der Waals surface area contributed by atoms with E-state index < -0.39 is 6.04 Å². The van der Waals surface area contributed by atoms with Crippen molar-refractivity contribution in [2.75, 3.05) is 13.2 Å². The van der Waals surface area contributed by atoms with E-state index in [2.05, 4.69) is 15.4 Å². The van der Waals surface area contributed by atoms with Crippen LogP contribution in [0.4, 0.5) is 0 Å². The molecule has 0 amide bonds. The minimum Gasteiger partial charge on any atom is -0.464 e. The first kappa shape index (κ1) is 16.6. The Labute approximate surface area is 130 Å². The average molecular weight is 308 g/mol. The smallest absolute Gasteiger partial charge is 0.324 e. The van der Waals surface area contributed by atoms with E-state index in [1.807, 2.05) is 18.9 Å². The molecule has 0 bridgehead atoms. The Balaban J connectivity index is 2.00. The van der Waals surface area contributed by atoms with Crippen LogP contribution in [0.3, 0.4) is 0 Å². The summed E-state index contributed by atoms with van der Waals surface area (Å²) >= 11 is 0. The van der Waals surface area contributed by atoms with Gasteiger partial charge in [0.2, 0.25) is 0 Å². The maximum Gasteiger partial charge on any atom is 0.324 e. The number of imidazole rings is 1. The Morgan fingerprint density at radius 3 is 3.09 bits per heavy atom. The second-order valence-electron chi connectivity index (χ2n) is 6.03. The fourth-order valence-electron chi connectivity index (χ4n) is 2.44. The summed E-state index contributed by atoms with van der Waals surface area (Å²) in [6.07, 6.45) is 6.38. The van der Waals surface area contributed by atoms with E-state index >= 15 is 0 Å². The Hall–Kier alpha value is -1.73. The Morgan fingerprint density at radius 1 is 1.64 bits per heavy atom. The summed E-state index contributed by atoms with van der Waals surface area (Å²) in [5, 5.41) is 1.84. The number of carbonyl (C=O) groups is 2. The number of nitrogens with zero attached hydrogens (tertiary/aromatic N) is 2. The van der Waals surface area contributed by atoms with Gasteiger partial charge >= 0.3 is 5.97 Å². The van der Waals surface area contributed by atoms with Crippen LogP contribution in [0, 0.1) is 5.92 Å². The van der Waals surface area contributed by atoms with Crippen molar-refractivity contribution in [2.45, 2.75) is 45.2 Å². The maximum absolute atomic E-state index is 12.3. The number of hydrogen-bond donors (Lipinski definition) is 2. The number of ether oxygens (including phenoxy) is 1. The molecule has 7 nitrogen and oxygen atoms in total. The van der Waals surface area contributed by atoms with Crippen molar-refractivity contribution in [1.82, 2.24) is 20.4 Å². The fourth-order valence-corrected chi connectivity index (χ4v) is 2.44. The van der Waals surface area contributed by atoms with Gasteiger partial charge < -0.3 is 14.5 Å². The van der Waals surface area contributed by atoms with E-state index in [0.717, 1.165) is 31.4 Å². The minimum atomic E-state index is -0.528. The number of H-pyrrole nitrogens is 1. The highest BCUT2D eigenvalue weighted by molar-refractivity contribution is 5.76. The van der Waals surface area contributed by atoms with Gasteiger partial charge in [0.25, 0.3) is 0 Å². The SMILES string of the molecule is CC(C)COC(=O)[C@H](Cc1cnc[nH]1)NN1CCC[C@H]1C=O. The van der Waals surface area contributed by atoms with E-state index in [-0.39, 0.29) is 17.9 Å². The molecule has 1 fully saturated rings. The molecule has 0 aromatic carbocycles. The number of aromatic amines is 1. The topological polar surface area (TPSA) is 87.3 Å². The molecule has 1 aromatic rings. The van der Waals surface area contributed by atoms with Crippen LogP contribution in [0.5, 0.6) is 0 Å². The van der Waals surface area contributed by atoms with Crippen LogP contribution in [0.25, 0.3) is 0 Å². The van der Waals surface area contributed by atoms with Crippen molar-refractivity contribution >= 4 is 12.3 Å². The van der Waals surface area contributed by atoms with Gasteiger partial charge in [-0.2, -0.15) is 0 Å². The van der Waals surface area contributed by atoms with Crippen LogP contribution in [0.2, 0.25) is 0 Å². The number of rotatable bonds is 8. The van der Waals surface area contributed by atoms with E-state index in [4.69, 9.17) is 4.74 Å². The number of hydrogen-bond acceptors (Lipinski definition) is 6. The van der Waals surface area contributed by atoms with E-state index in [1.54, 1.807) is 12.5 Å². The van der Waals surface area contributed by atoms with Crippen LogP contribution in [0.1, 0.15) is 32.4 Å². The molecule has 2 N–H and O–H groups in total. The molecule has 7 heteroatoms. The molecule has 2 heterocycles. The summed E-state index contributed by atoms with van der Waals surface area (Å²) in [6.45, 7) is 5.12. The van der Waals surface area contributed by atoms with E-state index in [9.17, 15) is 9.59 Å². The molecule has 0 spiro atoms. The lowest BCUT2D eigenvalue weighted by atomic mass is 10.1.